The van der Waals surface area contributed by atoms with Gasteiger partial charge in [0.25, 0.3) is 0 Å². The molecule has 0 saturated heterocycles. The summed E-state index contributed by atoms with van der Waals surface area (Å²) in [5, 5.41) is 5.57. The number of aromatic nitrogens is 4. The van der Waals surface area contributed by atoms with Crippen LogP contribution in [0.15, 0.2) is 162 Å². The normalized spacial score (nSPS) is 11.8. The number of rotatable bonds is 5. The highest BCUT2D eigenvalue weighted by molar-refractivity contribution is 7.26. The minimum absolute atomic E-state index is 0.605. The summed E-state index contributed by atoms with van der Waals surface area (Å²) in [6, 6.07) is 54.4. The first-order valence-corrected chi connectivity index (χ1v) is 19.0. The number of nitrogens with zero attached hydrogens (tertiary/aromatic N) is 4. The molecule has 4 aromatic heterocycles. The number of para-hydroxylation sites is 1. The molecule has 11 rings (SSSR count). The van der Waals surface area contributed by atoms with E-state index in [9.17, 15) is 0 Å². The van der Waals surface area contributed by atoms with Crippen molar-refractivity contribution in [3.63, 3.8) is 0 Å². The van der Waals surface area contributed by atoms with E-state index in [0.29, 0.717) is 17.5 Å². The highest BCUT2D eigenvalue weighted by Crippen LogP contribution is 2.43. The van der Waals surface area contributed by atoms with Crippen molar-refractivity contribution in [2.75, 3.05) is 0 Å². The van der Waals surface area contributed by atoms with Crippen LogP contribution in [0.5, 0.6) is 0 Å². The first-order valence-electron chi connectivity index (χ1n) is 17.4. The molecule has 0 amide bonds. The van der Waals surface area contributed by atoms with E-state index in [4.69, 9.17) is 24.4 Å². The van der Waals surface area contributed by atoms with Gasteiger partial charge in [0.15, 0.2) is 17.5 Å². The van der Waals surface area contributed by atoms with E-state index in [1.54, 1.807) is 11.3 Å². The van der Waals surface area contributed by atoms with Gasteiger partial charge in [-0.1, -0.05) is 127 Å². The third-order valence-electron chi connectivity index (χ3n) is 9.79. The molecule has 0 aliphatic carbocycles. The molecular formula is C46H26N4OS2. The molecule has 0 saturated carbocycles. The Hall–Kier alpha value is -6.54. The molecule has 4 heterocycles. The lowest BCUT2D eigenvalue weighted by atomic mass is 9.98. The second-order valence-electron chi connectivity index (χ2n) is 13.0. The van der Waals surface area contributed by atoms with Crippen molar-refractivity contribution in [1.29, 1.82) is 0 Å². The van der Waals surface area contributed by atoms with Crippen molar-refractivity contribution >= 4 is 75.0 Å². The fourth-order valence-corrected chi connectivity index (χ4v) is 9.51. The minimum Gasteiger partial charge on any atom is -0.456 e. The smallest absolute Gasteiger partial charge is 0.164 e. The maximum Gasteiger partial charge on any atom is 0.164 e. The number of hydrogen-bond donors (Lipinski definition) is 0. The zero-order valence-electron chi connectivity index (χ0n) is 28.0. The van der Waals surface area contributed by atoms with Crippen LogP contribution in [-0.4, -0.2) is 19.9 Å². The highest BCUT2D eigenvalue weighted by atomic mass is 32.1. The van der Waals surface area contributed by atoms with Crippen molar-refractivity contribution < 1.29 is 4.42 Å². The number of benzene rings is 7. The summed E-state index contributed by atoms with van der Waals surface area (Å²) in [6.45, 7) is 0. The van der Waals surface area contributed by atoms with Gasteiger partial charge in [-0.3, -0.25) is 0 Å². The first kappa shape index (κ1) is 30.1. The third kappa shape index (κ3) is 5.04. The Morgan fingerprint density at radius 1 is 0.377 bits per heavy atom. The zero-order valence-corrected chi connectivity index (χ0v) is 29.7. The summed E-state index contributed by atoms with van der Waals surface area (Å²) < 4.78 is 9.96. The molecule has 0 unspecified atom stereocenters. The summed E-state index contributed by atoms with van der Waals surface area (Å²) in [5.74, 6) is 1.84. The summed E-state index contributed by atoms with van der Waals surface area (Å²) in [7, 11) is 0. The Morgan fingerprint density at radius 3 is 1.83 bits per heavy atom. The molecule has 0 bridgehead atoms. The monoisotopic (exact) mass is 714 g/mol. The molecule has 0 fully saturated rings. The molecule has 53 heavy (non-hydrogen) atoms. The van der Waals surface area contributed by atoms with E-state index in [1.807, 2.05) is 78.1 Å². The molecule has 0 N–H and O–H groups in total. The topological polar surface area (TPSA) is 64.7 Å². The molecule has 0 radical (unpaired) electrons. The number of fused-ring (bicyclic) bond motifs is 7. The molecule has 7 heteroatoms. The molecular weight excluding hydrogens is 689 g/mol. The lowest BCUT2D eigenvalue weighted by Crippen LogP contribution is -2.00. The Morgan fingerprint density at radius 2 is 1.02 bits per heavy atom. The van der Waals surface area contributed by atoms with E-state index < -0.39 is 0 Å². The lowest BCUT2D eigenvalue weighted by molar-refractivity contribution is 0.669. The largest absolute Gasteiger partial charge is 0.456 e. The van der Waals surface area contributed by atoms with Crippen LogP contribution in [-0.2, 0) is 0 Å². The molecule has 0 aliphatic rings. The van der Waals surface area contributed by atoms with Gasteiger partial charge in [0, 0.05) is 53.2 Å². The van der Waals surface area contributed by atoms with Gasteiger partial charge >= 0.3 is 0 Å². The Balaban J connectivity index is 1.03. The molecule has 11 aromatic rings. The third-order valence-corrected chi connectivity index (χ3v) is 12.0. The van der Waals surface area contributed by atoms with E-state index in [0.717, 1.165) is 60.3 Å². The quantitative estimate of drug-likeness (QED) is 0.178. The van der Waals surface area contributed by atoms with Crippen LogP contribution < -0.4 is 0 Å². The second kappa shape index (κ2) is 12.0. The molecule has 0 spiro atoms. The second-order valence-corrected chi connectivity index (χ2v) is 15.1. The standard InChI is InChI=1S/C46H26N4OS2/c1-3-11-28(12-4-1)43-48-44(50-45(49-43)33-17-9-19-37-41(33)32-15-7-8-18-36(32)51-37)29-23-21-27(22-24-29)31-16-10-20-38-42(31)34-25-35-40(26-39(34)52-38)53-46(47-35)30-13-5-2-6-14-30/h1-26H. The molecule has 0 atom stereocenters. The van der Waals surface area contributed by atoms with Crippen LogP contribution in [0.3, 0.4) is 0 Å². The van der Waals surface area contributed by atoms with Crippen molar-refractivity contribution in [2.45, 2.75) is 0 Å². The molecule has 248 valence electrons. The lowest BCUT2D eigenvalue weighted by Gasteiger charge is -2.10. The van der Waals surface area contributed by atoms with E-state index >= 15 is 0 Å². The fraction of sp³-hybridized carbons (Fsp3) is 0. The highest BCUT2D eigenvalue weighted by Gasteiger charge is 2.19. The Labute approximate surface area is 311 Å². The van der Waals surface area contributed by atoms with Crippen LogP contribution in [0.4, 0.5) is 0 Å². The van der Waals surface area contributed by atoms with E-state index in [1.165, 1.54) is 30.4 Å². The maximum atomic E-state index is 6.22. The van der Waals surface area contributed by atoms with Crippen molar-refractivity contribution in [2.24, 2.45) is 0 Å². The predicted octanol–water partition coefficient (Wildman–Crippen LogP) is 13.1. The minimum atomic E-state index is 0.605. The van der Waals surface area contributed by atoms with Crippen LogP contribution >= 0.6 is 22.7 Å². The SMILES string of the molecule is c1ccc(-c2nc(-c3ccc(-c4cccc5sc6cc7sc(-c8ccccc8)nc7cc6c45)cc3)nc(-c3cccc4oc5ccccc5c34)n2)cc1. The average Bonchev–Trinajstić information content (AvgIpc) is 3.93. The number of hydrogen-bond acceptors (Lipinski definition) is 7. The molecule has 7 aromatic carbocycles. The first-order chi connectivity index (χ1) is 26.2. The summed E-state index contributed by atoms with van der Waals surface area (Å²) in [6.07, 6.45) is 0. The van der Waals surface area contributed by atoms with Gasteiger partial charge < -0.3 is 4.42 Å². The molecule has 0 aliphatic heterocycles. The Kier molecular flexibility index (Phi) is 6.83. The van der Waals surface area contributed by atoms with Gasteiger partial charge in [0.2, 0.25) is 0 Å². The summed E-state index contributed by atoms with van der Waals surface area (Å²) in [4.78, 5) is 20.2. The van der Waals surface area contributed by atoms with Gasteiger partial charge in [-0.25, -0.2) is 19.9 Å². The van der Waals surface area contributed by atoms with Crippen LogP contribution in [0.2, 0.25) is 0 Å². The van der Waals surface area contributed by atoms with Gasteiger partial charge in [-0.2, -0.15) is 0 Å². The van der Waals surface area contributed by atoms with Crippen LogP contribution in [0, 0.1) is 0 Å². The van der Waals surface area contributed by atoms with Crippen LogP contribution in [0.1, 0.15) is 0 Å². The number of thiazole rings is 1. The van der Waals surface area contributed by atoms with Crippen molar-refractivity contribution in [3.8, 4) is 55.9 Å². The Bertz CT molecular complexity index is 3160. The van der Waals surface area contributed by atoms with Gasteiger partial charge in [-0.15, -0.1) is 22.7 Å². The average molecular weight is 715 g/mol. The fourth-order valence-electron chi connectivity index (χ4n) is 7.29. The molecule has 5 nitrogen and oxygen atoms in total. The maximum absolute atomic E-state index is 6.22. The van der Waals surface area contributed by atoms with Gasteiger partial charge in [0.1, 0.15) is 16.2 Å². The summed E-state index contributed by atoms with van der Waals surface area (Å²) >= 11 is 3.59. The van der Waals surface area contributed by atoms with E-state index in [-0.39, 0.29) is 0 Å². The predicted molar refractivity (Wildman–Crippen MR) is 220 cm³/mol. The zero-order chi connectivity index (χ0) is 34.9. The van der Waals surface area contributed by atoms with Crippen molar-refractivity contribution in [3.05, 3.63) is 158 Å². The van der Waals surface area contributed by atoms with E-state index in [2.05, 4.69) is 91.0 Å². The van der Waals surface area contributed by atoms with Gasteiger partial charge in [-0.05, 0) is 41.5 Å². The number of furan rings is 1. The van der Waals surface area contributed by atoms with Crippen LogP contribution in [0.25, 0.3) is 108 Å². The van der Waals surface area contributed by atoms with Crippen molar-refractivity contribution in [1.82, 2.24) is 19.9 Å². The summed E-state index contributed by atoms with van der Waals surface area (Å²) in [5.41, 5.74) is 8.90. The number of thiophene rings is 1. The van der Waals surface area contributed by atoms with Gasteiger partial charge in [0.05, 0.1) is 10.2 Å².